The minimum Gasteiger partial charge on any atom is -0.726 e. The number of hydrogen-bond donors (Lipinski definition) is 1. The fourth-order valence-corrected chi connectivity index (χ4v) is 3.82. The molecule has 1 saturated heterocycles. The van der Waals surface area contributed by atoms with Gasteiger partial charge in [-0.1, -0.05) is 17.0 Å². The van der Waals surface area contributed by atoms with E-state index in [0.29, 0.717) is 17.8 Å². The quantitative estimate of drug-likeness (QED) is 0.0998. The van der Waals surface area contributed by atoms with Gasteiger partial charge in [-0.3, -0.25) is 8.74 Å². The van der Waals surface area contributed by atoms with Crippen molar-refractivity contribution in [3.8, 4) is 0 Å². The van der Waals surface area contributed by atoms with Gasteiger partial charge >= 0.3 is 88.7 Å². The van der Waals surface area contributed by atoms with Crippen LogP contribution in [0.4, 0.5) is 0 Å². The summed E-state index contributed by atoms with van der Waals surface area (Å²) in [5, 5.41) is 15.1. The fraction of sp³-hybridized carbons (Fsp3) is 0.643. The van der Waals surface area contributed by atoms with Crippen LogP contribution < -0.4 is 93.5 Å². The first-order valence-corrected chi connectivity index (χ1v) is 13.9. The van der Waals surface area contributed by atoms with Gasteiger partial charge in [0.25, 0.3) is 0 Å². The van der Waals surface area contributed by atoms with Crippen molar-refractivity contribution in [1.29, 1.82) is 0 Å². The van der Waals surface area contributed by atoms with E-state index in [9.17, 15) is 25.9 Å². The molecule has 1 aliphatic rings. The Balaban J connectivity index is 0. The van der Waals surface area contributed by atoms with Gasteiger partial charge in [0.2, 0.25) is 31.2 Å². The Morgan fingerprint density at radius 3 is 2.00 bits per heavy atom. The Morgan fingerprint density at radius 1 is 0.976 bits per heavy atom. The minimum absolute atomic E-state index is 0. The summed E-state index contributed by atoms with van der Waals surface area (Å²) in [4.78, 5) is 5.87. The maximum atomic E-state index is 11.3. The van der Waals surface area contributed by atoms with Gasteiger partial charge in [-0.25, -0.2) is 36.4 Å². The van der Waals surface area contributed by atoms with Crippen LogP contribution >= 0.6 is 0 Å². The Labute approximate surface area is 301 Å². The van der Waals surface area contributed by atoms with Crippen LogP contribution in [0.2, 0.25) is 0 Å². The molecule has 3 heterocycles. The van der Waals surface area contributed by atoms with Crippen molar-refractivity contribution in [1.82, 2.24) is 30.2 Å². The molecule has 218 valence electrons. The van der Waals surface area contributed by atoms with Crippen LogP contribution in [0.1, 0.15) is 18.3 Å². The van der Waals surface area contributed by atoms with Crippen molar-refractivity contribution >= 4 is 31.2 Å². The second-order valence-electron chi connectivity index (χ2n) is 6.99. The van der Waals surface area contributed by atoms with Gasteiger partial charge in [-0.2, -0.15) is 0 Å². The van der Waals surface area contributed by atoms with Crippen LogP contribution in [0.25, 0.3) is 0 Å². The van der Waals surface area contributed by atoms with E-state index < -0.39 is 55.8 Å². The van der Waals surface area contributed by atoms with Crippen molar-refractivity contribution in [3.63, 3.8) is 0 Å². The standard InChI is InChI=1S/C14H21N6O11S2.3Na.H2O4S/c1-3-9-5-19(17-15-9)7-12-14(31-33(24,25)26)11(30-32(21,22)23)4-13(29-12)28-8-10-6-20(27-2)18-16-10;;;;1-5(2,3)4/h4-6,11-14H,3,7-8H2,1-2H3,(H,21,22,23)(H,24,25,26);;;;(H2,1,2,3,4)/q-1;3*+1;/p-3/t11-,12-,13-,14+;;;;/m0..../s1. The molecular weight excluding hydrogens is 657 g/mol. The van der Waals surface area contributed by atoms with E-state index in [0.717, 1.165) is 11.3 Å². The number of aryl methyl sites for hydroxylation is 1. The van der Waals surface area contributed by atoms with Crippen LogP contribution in [0.3, 0.4) is 0 Å². The van der Waals surface area contributed by atoms with Crippen molar-refractivity contribution in [2.24, 2.45) is 0 Å². The molecule has 4 atom stereocenters. The first-order valence-electron chi connectivity index (χ1n) is 9.89. The predicted octanol–water partition coefficient (Wildman–Crippen LogP) is -12.7. The number of ether oxygens (including phenoxy) is 2. The summed E-state index contributed by atoms with van der Waals surface area (Å²) in [6.07, 6.45) is -2.03. The summed E-state index contributed by atoms with van der Waals surface area (Å²) in [6.45, 7) is 1.37. The molecule has 2 aromatic rings. The van der Waals surface area contributed by atoms with E-state index in [1.807, 2.05) is 6.92 Å². The summed E-state index contributed by atoms with van der Waals surface area (Å²) < 4.78 is 121. The number of aromatic nitrogens is 6. The van der Waals surface area contributed by atoms with Gasteiger partial charge in [0.1, 0.15) is 25.0 Å². The Hall–Kier alpha value is 0.610. The molecule has 2 aromatic heterocycles. The number of hydrogen-bond acceptors (Lipinski definition) is 18. The van der Waals surface area contributed by atoms with Crippen molar-refractivity contribution in [2.75, 3.05) is 7.11 Å². The molecule has 27 heteroatoms. The van der Waals surface area contributed by atoms with E-state index in [2.05, 4.69) is 29.0 Å². The van der Waals surface area contributed by atoms with E-state index in [1.165, 1.54) is 24.2 Å². The van der Waals surface area contributed by atoms with Gasteiger partial charge < -0.3 is 32.2 Å². The normalized spacial score (nSPS) is 20.8. The predicted molar refractivity (Wildman–Crippen MR) is 111 cm³/mol. The Bertz CT molecular complexity index is 1370. The summed E-state index contributed by atoms with van der Waals surface area (Å²) >= 11 is 0. The van der Waals surface area contributed by atoms with Crippen molar-refractivity contribution in [2.45, 2.75) is 51.1 Å². The monoisotopic (exact) mass is 677 g/mol. The number of nitrogens with zero attached hydrogens (tertiary/aromatic N) is 6. The molecule has 0 amide bonds. The minimum atomic E-state index is -5.36. The smallest absolute Gasteiger partial charge is 0.726 e. The molecule has 0 saturated carbocycles. The average Bonchev–Trinajstić information content (AvgIpc) is 3.40. The maximum Gasteiger partial charge on any atom is 1.00 e. The summed E-state index contributed by atoms with van der Waals surface area (Å²) in [6, 6.07) is 0. The van der Waals surface area contributed by atoms with Crippen LogP contribution in [0.5, 0.6) is 0 Å². The van der Waals surface area contributed by atoms with Crippen LogP contribution in [-0.4, -0.2) is 105 Å². The van der Waals surface area contributed by atoms with Crippen LogP contribution in [0.15, 0.2) is 12.4 Å². The first-order chi connectivity index (χ1) is 17.5. The molecule has 0 unspecified atom stereocenters. The zero-order valence-electron chi connectivity index (χ0n) is 22.2. The van der Waals surface area contributed by atoms with Gasteiger partial charge in [-0.05, 0) is 17.7 Å². The number of rotatable bonds is 11. The largest absolute Gasteiger partial charge is 1.00 e. The molecule has 1 aliphatic heterocycles. The fourth-order valence-electron chi connectivity index (χ4n) is 2.87. The molecule has 1 N–H and O–H groups in total. The molecule has 0 aliphatic carbocycles. The third kappa shape index (κ3) is 18.2. The maximum absolute atomic E-state index is 11.3. The molecular formula is C14H20N6Na3O15S3-. The molecule has 0 spiro atoms. The van der Waals surface area contributed by atoms with Crippen molar-refractivity contribution in [3.05, 3.63) is 30.2 Å². The molecule has 0 aromatic carbocycles. The van der Waals surface area contributed by atoms with Gasteiger partial charge in [0.05, 0.1) is 25.0 Å². The van der Waals surface area contributed by atoms with E-state index in [-0.39, 0.29) is 102 Å². The third-order valence-electron chi connectivity index (χ3n) is 4.22. The molecule has 3 rings (SSSR count). The Kier molecular flexibility index (Phi) is 20.5. The molecule has 0 bridgehead atoms. The second-order valence-corrected chi connectivity index (χ2v) is 9.87. The molecule has 1 fully saturated rings. The summed E-state index contributed by atoms with van der Waals surface area (Å²) in [5.74, 6) is 0. The van der Waals surface area contributed by atoms with Crippen LogP contribution in [0, 0.1) is 6.42 Å². The topological polar surface area (TPSA) is 299 Å². The molecule has 0 radical (unpaired) electrons. The van der Waals surface area contributed by atoms with Crippen molar-refractivity contribution < 1.29 is 155 Å². The zero-order chi connectivity index (χ0) is 28.7. The molecule has 41 heavy (non-hydrogen) atoms. The summed E-state index contributed by atoms with van der Waals surface area (Å²) in [7, 11) is -14.3. The van der Waals surface area contributed by atoms with E-state index in [4.69, 9.17) is 31.8 Å². The van der Waals surface area contributed by atoms with Gasteiger partial charge in [-0.15, -0.1) is 10.2 Å². The van der Waals surface area contributed by atoms with E-state index >= 15 is 0 Å². The van der Waals surface area contributed by atoms with E-state index in [1.54, 1.807) is 0 Å². The van der Waals surface area contributed by atoms with Gasteiger partial charge in [0, 0.05) is 12.5 Å². The Morgan fingerprint density at radius 2 is 1.54 bits per heavy atom. The SMILES string of the molecule is CCc1cn(C[C@@H]2O[C@H](OCc3cn(OC)nn3)[CH-][C@H](OS(=O)(=O)[O-])[C@H]2OS(=O)(=O)[O-])nn1.O=S(=O)([O-])O.[Na+].[Na+].[Na+]. The zero-order valence-corrected chi connectivity index (χ0v) is 30.7. The summed E-state index contributed by atoms with van der Waals surface area (Å²) in [5.41, 5.74) is 0.888. The molecule has 21 nitrogen and oxygen atoms in total. The van der Waals surface area contributed by atoms with Gasteiger partial charge in [0.15, 0.2) is 0 Å². The second kappa shape index (κ2) is 19.2. The third-order valence-corrected chi connectivity index (χ3v) is 5.14. The average molecular weight is 678 g/mol. The first kappa shape index (κ1) is 43.7. The van der Waals surface area contributed by atoms with Crippen LogP contribution in [-0.2, 0) is 68.6 Å².